The fraction of sp³-hybridized carbons (Fsp3) is 0.385. The maximum atomic E-state index is 11.8. The zero-order valence-corrected chi connectivity index (χ0v) is 11.5. The van der Waals surface area contributed by atoms with Crippen molar-refractivity contribution in [2.75, 3.05) is 11.9 Å². The van der Waals surface area contributed by atoms with Crippen LogP contribution in [0.25, 0.3) is 0 Å². The number of hydrogen-bond acceptors (Lipinski definition) is 3. The molecule has 1 amide bonds. The van der Waals surface area contributed by atoms with Crippen molar-refractivity contribution in [1.82, 2.24) is 5.32 Å². The van der Waals surface area contributed by atoms with Crippen molar-refractivity contribution in [3.63, 3.8) is 0 Å². The second kappa shape index (κ2) is 5.87. The summed E-state index contributed by atoms with van der Waals surface area (Å²) in [4.78, 5) is 11.8. The lowest BCUT2D eigenvalue weighted by Crippen LogP contribution is -2.38. The molecule has 1 aromatic rings. The SMILES string of the molecule is N#Cc1cc(Br)ccc1NC1CCCCNC1=O. The van der Waals surface area contributed by atoms with E-state index in [1.165, 1.54) is 0 Å². The number of benzene rings is 1. The summed E-state index contributed by atoms with van der Waals surface area (Å²) in [5.74, 6) is 0.0132. The molecule has 18 heavy (non-hydrogen) atoms. The van der Waals surface area contributed by atoms with Crippen molar-refractivity contribution < 1.29 is 4.79 Å². The second-order valence-corrected chi connectivity index (χ2v) is 5.20. The first-order chi connectivity index (χ1) is 8.70. The first-order valence-electron chi connectivity index (χ1n) is 5.94. The van der Waals surface area contributed by atoms with E-state index < -0.39 is 0 Å². The molecule has 2 rings (SSSR count). The highest BCUT2D eigenvalue weighted by atomic mass is 79.9. The summed E-state index contributed by atoms with van der Waals surface area (Å²) in [6.45, 7) is 0.739. The quantitative estimate of drug-likeness (QED) is 0.882. The van der Waals surface area contributed by atoms with Gasteiger partial charge in [0.2, 0.25) is 5.91 Å². The normalized spacial score (nSPS) is 19.6. The van der Waals surface area contributed by atoms with E-state index in [2.05, 4.69) is 32.6 Å². The molecule has 2 N–H and O–H groups in total. The monoisotopic (exact) mass is 307 g/mol. The third-order valence-corrected chi connectivity index (χ3v) is 3.46. The van der Waals surface area contributed by atoms with Crippen molar-refractivity contribution in [1.29, 1.82) is 5.26 Å². The summed E-state index contributed by atoms with van der Waals surface area (Å²) in [5, 5.41) is 15.1. The van der Waals surface area contributed by atoms with Crippen LogP contribution < -0.4 is 10.6 Å². The molecule has 1 aromatic carbocycles. The largest absolute Gasteiger partial charge is 0.373 e. The molecule has 1 saturated heterocycles. The van der Waals surface area contributed by atoms with Gasteiger partial charge < -0.3 is 10.6 Å². The molecule has 4 nitrogen and oxygen atoms in total. The molecule has 5 heteroatoms. The highest BCUT2D eigenvalue weighted by Gasteiger charge is 2.21. The van der Waals surface area contributed by atoms with E-state index in [4.69, 9.17) is 5.26 Å². The molecule has 1 atom stereocenters. The Bertz CT molecular complexity index is 495. The maximum Gasteiger partial charge on any atom is 0.242 e. The Kier molecular flexibility index (Phi) is 4.21. The van der Waals surface area contributed by atoms with Crippen LogP contribution in [0.1, 0.15) is 24.8 Å². The van der Waals surface area contributed by atoms with Crippen LogP contribution in [-0.2, 0) is 4.79 Å². The van der Waals surface area contributed by atoms with Gasteiger partial charge in [-0.2, -0.15) is 5.26 Å². The van der Waals surface area contributed by atoms with Crippen LogP contribution in [0.2, 0.25) is 0 Å². The van der Waals surface area contributed by atoms with Crippen LogP contribution in [0.3, 0.4) is 0 Å². The van der Waals surface area contributed by atoms with Gasteiger partial charge >= 0.3 is 0 Å². The van der Waals surface area contributed by atoms with E-state index in [9.17, 15) is 4.79 Å². The van der Waals surface area contributed by atoms with Gasteiger partial charge in [-0.3, -0.25) is 4.79 Å². The van der Waals surface area contributed by atoms with Crippen LogP contribution in [0, 0.1) is 11.3 Å². The molecule has 1 fully saturated rings. The number of amides is 1. The van der Waals surface area contributed by atoms with Gasteiger partial charge in [0.25, 0.3) is 0 Å². The summed E-state index contributed by atoms with van der Waals surface area (Å²) in [7, 11) is 0. The third-order valence-electron chi connectivity index (χ3n) is 2.97. The van der Waals surface area contributed by atoms with Crippen molar-refractivity contribution in [3.8, 4) is 6.07 Å². The van der Waals surface area contributed by atoms with E-state index in [1.54, 1.807) is 6.07 Å². The third kappa shape index (κ3) is 3.02. The van der Waals surface area contributed by atoms with E-state index in [1.807, 2.05) is 12.1 Å². The van der Waals surface area contributed by atoms with Gasteiger partial charge in [0.1, 0.15) is 12.1 Å². The topological polar surface area (TPSA) is 64.9 Å². The van der Waals surface area contributed by atoms with Gasteiger partial charge in [-0.05, 0) is 37.5 Å². The molecule has 1 aliphatic rings. The number of halogens is 1. The standard InChI is InChI=1S/C13H14BrN3O/c14-10-4-5-11(9(7-10)8-15)17-12-3-1-2-6-16-13(12)18/h4-5,7,12,17H,1-3,6H2,(H,16,18). The van der Waals surface area contributed by atoms with Gasteiger partial charge in [0.15, 0.2) is 0 Å². The fourth-order valence-corrected chi connectivity index (χ4v) is 2.36. The number of carbonyl (C=O) groups excluding carboxylic acids is 1. The van der Waals surface area contributed by atoms with E-state index >= 15 is 0 Å². The molecular formula is C13H14BrN3O. The first-order valence-corrected chi connectivity index (χ1v) is 6.74. The Morgan fingerprint density at radius 3 is 3.06 bits per heavy atom. The lowest BCUT2D eigenvalue weighted by Gasteiger charge is -2.17. The van der Waals surface area contributed by atoms with Crippen molar-refractivity contribution in [2.24, 2.45) is 0 Å². The van der Waals surface area contributed by atoms with Crippen LogP contribution >= 0.6 is 15.9 Å². The molecule has 0 radical (unpaired) electrons. The van der Waals surface area contributed by atoms with Crippen LogP contribution in [-0.4, -0.2) is 18.5 Å². The predicted octanol–water partition coefficient (Wildman–Crippen LogP) is 2.40. The fourth-order valence-electron chi connectivity index (χ4n) is 2.00. The first kappa shape index (κ1) is 12.9. The highest BCUT2D eigenvalue weighted by molar-refractivity contribution is 9.10. The Labute approximate surface area is 115 Å². The van der Waals surface area contributed by atoms with Crippen molar-refractivity contribution >= 4 is 27.5 Å². The van der Waals surface area contributed by atoms with Gasteiger partial charge in [0.05, 0.1) is 11.3 Å². The zero-order chi connectivity index (χ0) is 13.0. The number of rotatable bonds is 2. The van der Waals surface area contributed by atoms with Crippen LogP contribution in [0.15, 0.2) is 22.7 Å². The lowest BCUT2D eigenvalue weighted by atomic mass is 10.1. The smallest absolute Gasteiger partial charge is 0.242 e. The minimum Gasteiger partial charge on any atom is -0.373 e. The molecule has 0 aliphatic carbocycles. The van der Waals surface area contributed by atoms with Gasteiger partial charge in [-0.15, -0.1) is 0 Å². The molecule has 94 valence electrons. The number of hydrogen-bond donors (Lipinski definition) is 2. The number of nitrogens with one attached hydrogen (secondary N) is 2. The number of nitriles is 1. The van der Waals surface area contributed by atoms with Gasteiger partial charge in [-0.1, -0.05) is 15.9 Å². The Hall–Kier alpha value is -1.54. The number of anilines is 1. The van der Waals surface area contributed by atoms with Crippen LogP contribution in [0.4, 0.5) is 5.69 Å². The predicted molar refractivity (Wildman–Crippen MR) is 73.1 cm³/mol. The highest BCUT2D eigenvalue weighted by Crippen LogP contribution is 2.22. The lowest BCUT2D eigenvalue weighted by molar-refractivity contribution is -0.121. The molecular weight excluding hydrogens is 294 g/mol. The average Bonchev–Trinajstić information content (AvgIpc) is 2.57. The summed E-state index contributed by atoms with van der Waals surface area (Å²) in [5.41, 5.74) is 1.25. The minimum atomic E-state index is -0.249. The summed E-state index contributed by atoms with van der Waals surface area (Å²) in [6.07, 6.45) is 2.82. The summed E-state index contributed by atoms with van der Waals surface area (Å²) < 4.78 is 0.856. The van der Waals surface area contributed by atoms with Gasteiger partial charge in [-0.25, -0.2) is 0 Å². The number of carbonyl (C=O) groups is 1. The molecule has 1 heterocycles. The zero-order valence-electron chi connectivity index (χ0n) is 9.87. The number of nitrogens with zero attached hydrogens (tertiary/aromatic N) is 1. The van der Waals surface area contributed by atoms with Crippen molar-refractivity contribution in [2.45, 2.75) is 25.3 Å². The molecule has 0 spiro atoms. The molecule has 0 saturated carbocycles. The van der Waals surface area contributed by atoms with E-state index in [-0.39, 0.29) is 11.9 Å². The second-order valence-electron chi connectivity index (χ2n) is 4.29. The summed E-state index contributed by atoms with van der Waals surface area (Å²) in [6, 6.07) is 7.31. The van der Waals surface area contributed by atoms with E-state index in [0.29, 0.717) is 11.3 Å². The average molecular weight is 308 g/mol. The molecule has 0 bridgehead atoms. The van der Waals surface area contributed by atoms with Gasteiger partial charge in [0, 0.05) is 11.0 Å². The molecule has 0 aromatic heterocycles. The van der Waals surface area contributed by atoms with Crippen LogP contribution in [0.5, 0.6) is 0 Å². The van der Waals surface area contributed by atoms with E-state index in [0.717, 1.165) is 30.3 Å². The molecule has 1 unspecified atom stereocenters. The maximum absolute atomic E-state index is 11.8. The Morgan fingerprint density at radius 1 is 1.44 bits per heavy atom. The van der Waals surface area contributed by atoms with Crippen molar-refractivity contribution in [3.05, 3.63) is 28.2 Å². The summed E-state index contributed by atoms with van der Waals surface area (Å²) >= 11 is 3.33. The Morgan fingerprint density at radius 2 is 2.28 bits per heavy atom. The Balaban J connectivity index is 2.17. The minimum absolute atomic E-state index is 0.0132. The molecule has 1 aliphatic heterocycles.